The second kappa shape index (κ2) is 6.93. The number of hydrogen-bond acceptors (Lipinski definition) is 3. The molecule has 0 spiro atoms. The lowest BCUT2D eigenvalue weighted by Gasteiger charge is -2.07. The molecule has 2 aromatic rings. The number of amides is 1. The van der Waals surface area contributed by atoms with Crippen molar-refractivity contribution in [2.45, 2.75) is 13.5 Å². The number of nitrogens with zero attached hydrogens (tertiary/aromatic N) is 2. The summed E-state index contributed by atoms with van der Waals surface area (Å²) in [7, 11) is 0. The lowest BCUT2D eigenvalue weighted by atomic mass is 10.2. The second-order valence-electron chi connectivity index (χ2n) is 4.17. The van der Waals surface area contributed by atoms with E-state index in [1.54, 1.807) is 35.2 Å². The minimum atomic E-state index is -0.288. The van der Waals surface area contributed by atoms with Gasteiger partial charge in [-0.25, -0.2) is 4.98 Å². The minimum Gasteiger partial charge on any atom is -0.384 e. The molecule has 1 amide bonds. The largest absolute Gasteiger partial charge is 0.384 e. The van der Waals surface area contributed by atoms with Crippen LogP contribution in [0, 0.1) is 11.8 Å². The highest BCUT2D eigenvalue weighted by Gasteiger charge is 2.13. The minimum absolute atomic E-state index is 0.216. The lowest BCUT2D eigenvalue weighted by Crippen LogP contribution is -2.17. The molecular weight excluding hydrogens is 290 g/mol. The summed E-state index contributed by atoms with van der Waals surface area (Å²) < 4.78 is 1.76. The number of carbonyl (C=O) groups excluding carboxylic acids is 1. The van der Waals surface area contributed by atoms with Crippen LogP contribution in [0.1, 0.15) is 23.0 Å². The van der Waals surface area contributed by atoms with E-state index in [1.165, 1.54) is 0 Å². The Hall–Kier alpha value is -2.29. The summed E-state index contributed by atoms with van der Waals surface area (Å²) in [5.74, 6) is 5.40. The first kappa shape index (κ1) is 15.1. The number of pyridine rings is 1. The molecule has 2 aromatic heterocycles. The zero-order valence-corrected chi connectivity index (χ0v) is 12.2. The first-order valence-corrected chi connectivity index (χ1v) is 6.74. The van der Waals surface area contributed by atoms with E-state index < -0.39 is 0 Å². The lowest BCUT2D eigenvalue weighted by molar-refractivity contribution is 0.101. The SMILES string of the molecule is CCn1cc(Cl)cc1C(=O)Nc1cc(C#CCO)ccn1. The summed E-state index contributed by atoms with van der Waals surface area (Å²) in [6.45, 7) is 2.36. The van der Waals surface area contributed by atoms with Gasteiger partial charge in [0.2, 0.25) is 0 Å². The van der Waals surface area contributed by atoms with Gasteiger partial charge in [-0.3, -0.25) is 4.79 Å². The zero-order valence-electron chi connectivity index (χ0n) is 11.4. The Bertz CT molecular complexity index is 713. The molecule has 108 valence electrons. The van der Waals surface area contributed by atoms with Crippen LogP contribution in [-0.2, 0) is 6.54 Å². The Balaban J connectivity index is 2.19. The first-order chi connectivity index (χ1) is 10.1. The third-order valence-electron chi connectivity index (χ3n) is 2.75. The number of anilines is 1. The number of aliphatic hydroxyl groups is 1. The van der Waals surface area contributed by atoms with E-state index in [2.05, 4.69) is 22.1 Å². The molecule has 0 saturated carbocycles. The molecule has 0 aromatic carbocycles. The maximum atomic E-state index is 12.2. The molecule has 0 fully saturated rings. The maximum absolute atomic E-state index is 12.2. The molecular formula is C15H14ClN3O2. The van der Waals surface area contributed by atoms with Crippen LogP contribution in [0.3, 0.4) is 0 Å². The molecule has 2 heterocycles. The van der Waals surface area contributed by atoms with Gasteiger partial charge in [-0.2, -0.15) is 0 Å². The van der Waals surface area contributed by atoms with E-state index in [0.717, 1.165) is 0 Å². The first-order valence-electron chi connectivity index (χ1n) is 6.37. The quantitative estimate of drug-likeness (QED) is 0.854. The van der Waals surface area contributed by atoms with E-state index in [0.29, 0.717) is 28.6 Å². The Morgan fingerprint density at radius 3 is 3.05 bits per heavy atom. The standard InChI is InChI=1S/C15H14ClN3O2/c1-2-19-10-12(16)9-13(19)15(21)18-14-8-11(4-3-7-20)5-6-17-14/h5-6,8-10,20H,2,7H2,1H3,(H,17,18,21). The summed E-state index contributed by atoms with van der Waals surface area (Å²) in [4.78, 5) is 16.3. The van der Waals surface area contributed by atoms with Crippen molar-refractivity contribution in [3.8, 4) is 11.8 Å². The highest BCUT2D eigenvalue weighted by molar-refractivity contribution is 6.31. The molecule has 21 heavy (non-hydrogen) atoms. The van der Waals surface area contributed by atoms with Crippen LogP contribution in [-0.4, -0.2) is 27.2 Å². The van der Waals surface area contributed by atoms with E-state index >= 15 is 0 Å². The molecule has 0 saturated heterocycles. The molecule has 0 radical (unpaired) electrons. The molecule has 0 aliphatic rings. The molecule has 5 nitrogen and oxygen atoms in total. The fraction of sp³-hybridized carbons (Fsp3) is 0.200. The molecule has 0 unspecified atom stereocenters. The van der Waals surface area contributed by atoms with Gasteiger partial charge in [0, 0.05) is 24.5 Å². The van der Waals surface area contributed by atoms with Gasteiger partial charge >= 0.3 is 0 Å². The van der Waals surface area contributed by atoms with Crippen LogP contribution in [0.15, 0.2) is 30.6 Å². The third kappa shape index (κ3) is 3.85. The van der Waals surface area contributed by atoms with Crippen molar-refractivity contribution in [1.82, 2.24) is 9.55 Å². The fourth-order valence-electron chi connectivity index (χ4n) is 1.83. The number of halogens is 1. The number of hydrogen-bond donors (Lipinski definition) is 2. The van der Waals surface area contributed by atoms with Gasteiger partial charge in [-0.05, 0) is 25.1 Å². The van der Waals surface area contributed by atoms with Gasteiger partial charge in [-0.15, -0.1) is 0 Å². The summed E-state index contributed by atoms with van der Waals surface area (Å²) in [5.41, 5.74) is 1.13. The van der Waals surface area contributed by atoms with Gasteiger partial charge < -0.3 is 15.0 Å². The van der Waals surface area contributed by atoms with Crippen LogP contribution in [0.2, 0.25) is 5.02 Å². The number of carbonyl (C=O) groups is 1. The average molecular weight is 304 g/mol. The van der Waals surface area contributed by atoms with Crippen molar-refractivity contribution in [2.75, 3.05) is 11.9 Å². The van der Waals surface area contributed by atoms with Crippen LogP contribution in [0.4, 0.5) is 5.82 Å². The van der Waals surface area contributed by atoms with Crippen molar-refractivity contribution in [1.29, 1.82) is 0 Å². The van der Waals surface area contributed by atoms with Gasteiger partial charge in [0.1, 0.15) is 18.1 Å². The van der Waals surface area contributed by atoms with Crippen LogP contribution < -0.4 is 5.32 Å². The van der Waals surface area contributed by atoms with Crippen LogP contribution >= 0.6 is 11.6 Å². The highest BCUT2D eigenvalue weighted by atomic mass is 35.5. The predicted molar refractivity (Wildman–Crippen MR) is 81.3 cm³/mol. The topological polar surface area (TPSA) is 67.2 Å². The van der Waals surface area contributed by atoms with Gasteiger partial charge in [0.25, 0.3) is 5.91 Å². The van der Waals surface area contributed by atoms with Gasteiger partial charge in [0.15, 0.2) is 0 Å². The maximum Gasteiger partial charge on any atom is 0.273 e. The highest BCUT2D eigenvalue weighted by Crippen LogP contribution is 2.16. The number of aliphatic hydroxyl groups excluding tert-OH is 1. The molecule has 0 aliphatic heterocycles. The van der Waals surface area contributed by atoms with Crippen molar-refractivity contribution in [3.05, 3.63) is 46.9 Å². The van der Waals surface area contributed by atoms with Gasteiger partial charge in [0.05, 0.1) is 5.02 Å². The summed E-state index contributed by atoms with van der Waals surface area (Å²) in [5, 5.41) is 11.9. The molecule has 2 N–H and O–H groups in total. The van der Waals surface area contributed by atoms with Crippen LogP contribution in [0.25, 0.3) is 0 Å². The third-order valence-corrected chi connectivity index (χ3v) is 2.96. The molecule has 2 rings (SSSR count). The van der Waals surface area contributed by atoms with Crippen molar-refractivity contribution >= 4 is 23.3 Å². The normalized spacial score (nSPS) is 9.86. The summed E-state index contributed by atoms with van der Waals surface area (Å²) in [6, 6.07) is 4.95. The van der Waals surface area contributed by atoms with E-state index in [1.807, 2.05) is 6.92 Å². The van der Waals surface area contributed by atoms with E-state index in [4.69, 9.17) is 16.7 Å². The Labute approximate surface area is 127 Å². The second-order valence-corrected chi connectivity index (χ2v) is 4.61. The van der Waals surface area contributed by atoms with E-state index in [9.17, 15) is 4.79 Å². The average Bonchev–Trinajstić information content (AvgIpc) is 2.87. The van der Waals surface area contributed by atoms with Crippen molar-refractivity contribution in [3.63, 3.8) is 0 Å². The molecule has 0 aliphatic carbocycles. The monoisotopic (exact) mass is 303 g/mol. The number of rotatable bonds is 3. The van der Waals surface area contributed by atoms with Crippen molar-refractivity contribution < 1.29 is 9.90 Å². The molecule has 6 heteroatoms. The number of aromatic nitrogens is 2. The summed E-state index contributed by atoms with van der Waals surface area (Å²) >= 11 is 5.92. The summed E-state index contributed by atoms with van der Waals surface area (Å²) in [6.07, 6.45) is 3.25. The smallest absolute Gasteiger partial charge is 0.273 e. The molecule has 0 atom stereocenters. The molecule has 0 bridgehead atoms. The van der Waals surface area contributed by atoms with Gasteiger partial charge in [-0.1, -0.05) is 23.4 Å². The Morgan fingerprint density at radius 2 is 2.33 bits per heavy atom. The Morgan fingerprint density at radius 1 is 1.52 bits per heavy atom. The fourth-order valence-corrected chi connectivity index (χ4v) is 2.05. The Kier molecular flexibility index (Phi) is 4.99. The number of nitrogens with one attached hydrogen (secondary N) is 1. The number of aryl methyl sites for hydroxylation is 1. The van der Waals surface area contributed by atoms with Crippen LogP contribution in [0.5, 0.6) is 0 Å². The predicted octanol–water partition coefficient (Wildman–Crippen LogP) is 2.15. The zero-order chi connectivity index (χ0) is 15.2. The van der Waals surface area contributed by atoms with Crippen molar-refractivity contribution in [2.24, 2.45) is 0 Å². The van der Waals surface area contributed by atoms with E-state index in [-0.39, 0.29) is 12.5 Å².